The van der Waals surface area contributed by atoms with Crippen molar-refractivity contribution in [1.82, 2.24) is 0 Å². The predicted molar refractivity (Wildman–Crippen MR) is 100 cm³/mol. The van der Waals surface area contributed by atoms with Crippen LogP contribution in [0.4, 0.5) is 20.2 Å². The number of fused-ring (bicyclic) bond motifs is 2. The van der Waals surface area contributed by atoms with Crippen LogP contribution in [-0.4, -0.2) is 18.9 Å². The van der Waals surface area contributed by atoms with Crippen molar-refractivity contribution in [2.45, 2.75) is 0 Å². The summed E-state index contributed by atoms with van der Waals surface area (Å²) in [5.41, 5.74) is 1.17. The number of para-hydroxylation sites is 2. The van der Waals surface area contributed by atoms with E-state index in [-0.39, 0.29) is 17.0 Å². The van der Waals surface area contributed by atoms with E-state index in [1.165, 1.54) is 17.0 Å². The Morgan fingerprint density at radius 3 is 2.54 bits per heavy atom. The molecule has 5 nitrogen and oxygen atoms in total. The third-order valence-corrected chi connectivity index (χ3v) is 4.40. The molecule has 28 heavy (non-hydrogen) atoms. The molecule has 0 unspecified atom stereocenters. The minimum absolute atomic E-state index is 0.0408. The summed E-state index contributed by atoms with van der Waals surface area (Å²) in [6.45, 7) is 0. The van der Waals surface area contributed by atoms with E-state index in [9.17, 15) is 18.4 Å². The van der Waals surface area contributed by atoms with Gasteiger partial charge in [0.15, 0.2) is 17.4 Å². The summed E-state index contributed by atoms with van der Waals surface area (Å²) in [7, 11) is 1.63. The van der Waals surface area contributed by atoms with E-state index >= 15 is 0 Å². The Bertz CT molecular complexity index is 1110. The zero-order chi connectivity index (χ0) is 19.8. The predicted octanol–water partition coefficient (Wildman–Crippen LogP) is 4.60. The molecule has 1 aliphatic rings. The number of rotatable bonds is 2. The van der Waals surface area contributed by atoms with Gasteiger partial charge in [-0.25, -0.2) is 8.78 Å². The van der Waals surface area contributed by atoms with Crippen molar-refractivity contribution >= 4 is 23.2 Å². The van der Waals surface area contributed by atoms with Gasteiger partial charge in [-0.15, -0.1) is 0 Å². The molecule has 0 radical (unpaired) electrons. The Labute approximate surface area is 159 Å². The second-order valence-electron chi connectivity index (χ2n) is 6.23. The second kappa shape index (κ2) is 6.77. The van der Waals surface area contributed by atoms with E-state index in [2.05, 4.69) is 5.32 Å². The number of hydrogen-bond donors (Lipinski definition) is 1. The highest BCUT2D eigenvalue weighted by Crippen LogP contribution is 2.38. The van der Waals surface area contributed by atoms with Gasteiger partial charge in [0.25, 0.3) is 11.8 Å². The number of halogens is 2. The van der Waals surface area contributed by atoms with E-state index in [0.717, 1.165) is 12.1 Å². The fourth-order valence-corrected chi connectivity index (χ4v) is 2.93. The largest absolute Gasteiger partial charge is 0.454 e. The summed E-state index contributed by atoms with van der Waals surface area (Å²) in [5.74, 6) is -2.19. The molecule has 3 aromatic rings. The number of carbonyl (C=O) groups is 2. The van der Waals surface area contributed by atoms with Gasteiger partial charge in [0.2, 0.25) is 0 Å². The molecular formula is C21H14F2N2O3. The zero-order valence-corrected chi connectivity index (χ0v) is 14.7. The van der Waals surface area contributed by atoms with Gasteiger partial charge in [0, 0.05) is 18.3 Å². The fourth-order valence-electron chi connectivity index (χ4n) is 2.93. The Morgan fingerprint density at radius 2 is 1.75 bits per heavy atom. The van der Waals surface area contributed by atoms with Crippen LogP contribution in [0.3, 0.4) is 0 Å². The minimum atomic E-state index is -1.11. The highest BCUT2D eigenvalue weighted by atomic mass is 19.2. The number of nitrogens with zero attached hydrogens (tertiary/aromatic N) is 1. The third kappa shape index (κ3) is 3.07. The van der Waals surface area contributed by atoms with Crippen LogP contribution in [0.5, 0.6) is 11.5 Å². The molecule has 0 aromatic heterocycles. The van der Waals surface area contributed by atoms with Gasteiger partial charge in [-0.1, -0.05) is 12.1 Å². The summed E-state index contributed by atoms with van der Waals surface area (Å²) < 4.78 is 32.2. The van der Waals surface area contributed by atoms with Gasteiger partial charge < -0.3 is 15.0 Å². The van der Waals surface area contributed by atoms with Crippen LogP contribution >= 0.6 is 0 Å². The average molecular weight is 380 g/mol. The van der Waals surface area contributed by atoms with Crippen molar-refractivity contribution in [3.8, 4) is 11.5 Å². The van der Waals surface area contributed by atoms with Gasteiger partial charge in [-0.3, -0.25) is 9.59 Å². The van der Waals surface area contributed by atoms with E-state index in [1.807, 2.05) is 0 Å². The Hall–Kier alpha value is -3.74. The van der Waals surface area contributed by atoms with Gasteiger partial charge in [0.05, 0.1) is 11.3 Å². The molecule has 4 rings (SSSR count). The van der Waals surface area contributed by atoms with E-state index in [1.54, 1.807) is 43.4 Å². The van der Waals surface area contributed by atoms with Crippen molar-refractivity contribution in [2.75, 3.05) is 17.3 Å². The first-order valence-corrected chi connectivity index (χ1v) is 8.39. The lowest BCUT2D eigenvalue weighted by molar-refractivity contribution is 0.0990. The van der Waals surface area contributed by atoms with Gasteiger partial charge in [-0.05, 0) is 48.5 Å². The van der Waals surface area contributed by atoms with Crippen LogP contribution in [0.2, 0.25) is 0 Å². The zero-order valence-electron chi connectivity index (χ0n) is 14.7. The first kappa shape index (κ1) is 17.7. The van der Waals surface area contributed by atoms with Crippen LogP contribution in [0.25, 0.3) is 0 Å². The van der Waals surface area contributed by atoms with E-state index in [4.69, 9.17) is 4.74 Å². The first-order valence-electron chi connectivity index (χ1n) is 8.39. The summed E-state index contributed by atoms with van der Waals surface area (Å²) in [4.78, 5) is 26.6. The Balaban J connectivity index is 1.65. The van der Waals surface area contributed by atoms with Crippen LogP contribution in [0, 0.1) is 11.6 Å². The molecular weight excluding hydrogens is 366 g/mol. The maximum Gasteiger partial charge on any atom is 0.261 e. The quantitative estimate of drug-likeness (QED) is 0.707. The molecule has 1 N–H and O–H groups in total. The topological polar surface area (TPSA) is 58.6 Å². The van der Waals surface area contributed by atoms with Crippen molar-refractivity contribution in [3.05, 3.63) is 83.4 Å². The van der Waals surface area contributed by atoms with Crippen molar-refractivity contribution < 1.29 is 23.1 Å². The SMILES string of the molecule is CN1C(=O)c2cc(NC(=O)c3ccc(F)c(F)c3)ccc2Oc2ccccc21. The lowest BCUT2D eigenvalue weighted by atomic mass is 10.1. The summed E-state index contributed by atoms with van der Waals surface area (Å²) >= 11 is 0. The summed E-state index contributed by atoms with van der Waals surface area (Å²) in [5, 5.41) is 2.58. The molecule has 0 spiro atoms. The molecule has 0 atom stereocenters. The highest BCUT2D eigenvalue weighted by Gasteiger charge is 2.26. The summed E-state index contributed by atoms with van der Waals surface area (Å²) in [6.07, 6.45) is 0. The molecule has 140 valence electrons. The average Bonchev–Trinajstić information content (AvgIpc) is 2.79. The maximum atomic E-state index is 13.4. The monoisotopic (exact) mass is 380 g/mol. The van der Waals surface area contributed by atoms with Crippen LogP contribution < -0.4 is 15.0 Å². The molecule has 0 fully saturated rings. The molecule has 1 heterocycles. The molecule has 2 amide bonds. The minimum Gasteiger partial charge on any atom is -0.454 e. The lowest BCUT2D eigenvalue weighted by Gasteiger charge is -2.16. The van der Waals surface area contributed by atoms with Crippen molar-refractivity contribution in [3.63, 3.8) is 0 Å². The van der Waals surface area contributed by atoms with Crippen LogP contribution in [0.15, 0.2) is 60.7 Å². The molecule has 3 aromatic carbocycles. The molecule has 7 heteroatoms. The second-order valence-corrected chi connectivity index (χ2v) is 6.23. The fraction of sp³-hybridized carbons (Fsp3) is 0.0476. The van der Waals surface area contributed by atoms with E-state index in [0.29, 0.717) is 22.9 Å². The molecule has 0 bridgehead atoms. The number of ether oxygens (including phenoxy) is 1. The number of anilines is 2. The van der Waals surface area contributed by atoms with Gasteiger partial charge in [0.1, 0.15) is 5.75 Å². The Morgan fingerprint density at radius 1 is 0.964 bits per heavy atom. The number of nitrogens with one attached hydrogen (secondary N) is 1. The van der Waals surface area contributed by atoms with E-state index < -0.39 is 17.5 Å². The maximum absolute atomic E-state index is 13.4. The lowest BCUT2D eigenvalue weighted by Crippen LogP contribution is -2.25. The smallest absolute Gasteiger partial charge is 0.261 e. The normalized spacial score (nSPS) is 12.5. The standard InChI is InChI=1S/C21H14F2N2O3/c1-25-17-4-2-3-5-19(17)28-18-9-7-13(11-14(18)21(25)27)24-20(26)12-6-8-15(22)16(23)10-12/h2-11H,1H3,(H,24,26). The Kier molecular flexibility index (Phi) is 4.27. The molecule has 0 aliphatic carbocycles. The van der Waals surface area contributed by atoms with Crippen LogP contribution in [0.1, 0.15) is 20.7 Å². The number of carbonyl (C=O) groups excluding carboxylic acids is 2. The first-order chi connectivity index (χ1) is 13.4. The summed E-state index contributed by atoms with van der Waals surface area (Å²) in [6, 6.07) is 14.6. The van der Waals surface area contributed by atoms with Crippen molar-refractivity contribution in [2.24, 2.45) is 0 Å². The van der Waals surface area contributed by atoms with Crippen molar-refractivity contribution in [1.29, 1.82) is 0 Å². The molecule has 0 saturated carbocycles. The molecule has 0 saturated heterocycles. The number of amides is 2. The third-order valence-electron chi connectivity index (χ3n) is 4.40. The number of benzene rings is 3. The molecule has 1 aliphatic heterocycles. The van der Waals surface area contributed by atoms with Crippen LogP contribution in [-0.2, 0) is 0 Å². The van der Waals surface area contributed by atoms with Gasteiger partial charge in [-0.2, -0.15) is 0 Å². The number of hydrogen-bond acceptors (Lipinski definition) is 3. The highest BCUT2D eigenvalue weighted by molar-refractivity contribution is 6.11. The van der Waals surface area contributed by atoms with Gasteiger partial charge >= 0.3 is 0 Å².